The summed E-state index contributed by atoms with van der Waals surface area (Å²) >= 11 is 1.61. The molecule has 0 spiro atoms. The number of fused-ring (bicyclic) bond motifs is 1. The quantitative estimate of drug-likeness (QED) is 0.732. The summed E-state index contributed by atoms with van der Waals surface area (Å²) in [6.45, 7) is 5.02. The summed E-state index contributed by atoms with van der Waals surface area (Å²) in [6.07, 6.45) is 3.41. The molecule has 0 aliphatic heterocycles. The molecule has 0 saturated heterocycles. The molecule has 1 heterocycles. The molecule has 1 atom stereocenters. The largest absolute Gasteiger partial charge is 0.355 e. The minimum Gasteiger partial charge on any atom is -0.355 e. The Kier molecular flexibility index (Phi) is 6.11. The highest BCUT2D eigenvalue weighted by atomic mass is 32.2. The lowest BCUT2D eigenvalue weighted by molar-refractivity contribution is -0.118. The lowest BCUT2D eigenvalue weighted by Crippen LogP contribution is -2.26. The molecule has 4 nitrogen and oxygen atoms in total. The van der Waals surface area contributed by atoms with E-state index in [1.165, 1.54) is 12.8 Å². The van der Waals surface area contributed by atoms with Crippen molar-refractivity contribution in [3.63, 3.8) is 0 Å². The van der Waals surface area contributed by atoms with Crippen molar-refractivity contribution in [2.75, 3.05) is 12.3 Å². The Morgan fingerprint density at radius 3 is 2.95 bits per heavy atom. The van der Waals surface area contributed by atoms with Gasteiger partial charge in [-0.15, -0.1) is 11.8 Å². The van der Waals surface area contributed by atoms with Gasteiger partial charge in [0, 0.05) is 6.54 Å². The number of nitrogens with zero attached hydrogens (tertiary/aromatic N) is 1. The molecule has 2 aromatic rings. The second-order valence-corrected chi connectivity index (χ2v) is 6.48. The van der Waals surface area contributed by atoms with E-state index >= 15 is 0 Å². The van der Waals surface area contributed by atoms with Crippen LogP contribution in [0, 0.1) is 0 Å². The number of rotatable bonds is 8. The number of hydrogen-bond donors (Lipinski definition) is 2. The third kappa shape index (κ3) is 4.77. The van der Waals surface area contributed by atoms with Crippen LogP contribution >= 0.6 is 11.8 Å². The van der Waals surface area contributed by atoms with E-state index in [0.717, 1.165) is 29.8 Å². The van der Waals surface area contributed by atoms with E-state index in [0.29, 0.717) is 5.75 Å². The van der Waals surface area contributed by atoms with Crippen LogP contribution in [0.3, 0.4) is 0 Å². The molecule has 0 fully saturated rings. The van der Waals surface area contributed by atoms with Gasteiger partial charge in [0.1, 0.15) is 5.82 Å². The van der Waals surface area contributed by atoms with Crippen molar-refractivity contribution in [1.82, 2.24) is 15.3 Å². The van der Waals surface area contributed by atoms with Crippen LogP contribution in [0.2, 0.25) is 0 Å². The zero-order valence-corrected chi connectivity index (χ0v) is 13.5. The second-order valence-electron chi connectivity index (χ2n) is 5.15. The molecule has 2 rings (SSSR count). The molecule has 114 valence electrons. The number of carbonyl (C=O) groups excluding carboxylic acids is 1. The number of aromatic amines is 1. The Morgan fingerprint density at radius 2 is 2.19 bits per heavy atom. The van der Waals surface area contributed by atoms with Gasteiger partial charge in [-0.2, -0.15) is 0 Å². The number of carbonyl (C=O) groups is 1. The van der Waals surface area contributed by atoms with Crippen molar-refractivity contribution in [2.45, 2.75) is 38.4 Å². The smallest absolute Gasteiger partial charge is 0.230 e. The first kappa shape index (κ1) is 15.9. The van der Waals surface area contributed by atoms with Crippen LogP contribution in [0.1, 0.15) is 44.2 Å². The molecule has 5 heteroatoms. The number of aromatic nitrogens is 2. The first-order chi connectivity index (χ1) is 10.2. The van der Waals surface area contributed by atoms with Crippen molar-refractivity contribution in [3.8, 4) is 0 Å². The predicted octanol–water partition coefficient (Wildman–Crippen LogP) is 3.66. The Morgan fingerprint density at radius 1 is 1.38 bits per heavy atom. The fourth-order valence-electron chi connectivity index (χ4n) is 2.10. The minimum atomic E-state index is 0.110. The SMILES string of the molecule is CCCCCNC(=O)CSC(C)c1nc2ccccc2[nH]1. The fraction of sp³-hybridized carbons (Fsp3) is 0.500. The van der Waals surface area contributed by atoms with Gasteiger partial charge in [0.05, 0.1) is 22.0 Å². The zero-order chi connectivity index (χ0) is 15.1. The highest BCUT2D eigenvalue weighted by Crippen LogP contribution is 2.27. The number of unbranched alkanes of at least 4 members (excludes halogenated alkanes) is 2. The summed E-state index contributed by atoms with van der Waals surface area (Å²) < 4.78 is 0. The molecule has 0 saturated carbocycles. The number of benzene rings is 1. The van der Waals surface area contributed by atoms with Crippen LogP contribution < -0.4 is 5.32 Å². The van der Waals surface area contributed by atoms with Gasteiger partial charge >= 0.3 is 0 Å². The van der Waals surface area contributed by atoms with Crippen molar-refractivity contribution in [3.05, 3.63) is 30.1 Å². The van der Waals surface area contributed by atoms with E-state index < -0.39 is 0 Å². The molecule has 1 aromatic heterocycles. The molecule has 2 N–H and O–H groups in total. The molecule has 21 heavy (non-hydrogen) atoms. The summed E-state index contributed by atoms with van der Waals surface area (Å²) in [5.74, 6) is 1.52. The average Bonchev–Trinajstić information content (AvgIpc) is 2.93. The molecule has 0 aliphatic rings. The number of para-hydroxylation sites is 2. The van der Waals surface area contributed by atoms with Crippen LogP contribution in [0.15, 0.2) is 24.3 Å². The van der Waals surface area contributed by atoms with Gasteiger partial charge in [-0.3, -0.25) is 4.79 Å². The van der Waals surface area contributed by atoms with E-state index in [2.05, 4.69) is 29.1 Å². The summed E-state index contributed by atoms with van der Waals surface area (Å²) in [5.41, 5.74) is 2.02. The lowest BCUT2D eigenvalue weighted by atomic mass is 10.2. The van der Waals surface area contributed by atoms with Crippen LogP contribution in [0.4, 0.5) is 0 Å². The Bertz CT molecular complexity index is 549. The third-order valence-electron chi connectivity index (χ3n) is 3.36. The van der Waals surface area contributed by atoms with Gasteiger partial charge in [-0.05, 0) is 25.5 Å². The van der Waals surface area contributed by atoms with Crippen LogP contribution in [-0.4, -0.2) is 28.2 Å². The summed E-state index contributed by atoms with van der Waals surface area (Å²) in [7, 11) is 0. The van der Waals surface area contributed by atoms with E-state index in [1.807, 2.05) is 24.3 Å². The summed E-state index contributed by atoms with van der Waals surface area (Å²) in [6, 6.07) is 7.98. The molecule has 1 aromatic carbocycles. The number of H-pyrrole nitrogens is 1. The van der Waals surface area contributed by atoms with Crippen LogP contribution in [-0.2, 0) is 4.79 Å². The summed E-state index contributed by atoms with van der Waals surface area (Å²) in [5, 5.41) is 3.14. The number of nitrogens with one attached hydrogen (secondary N) is 2. The fourth-order valence-corrected chi connectivity index (χ4v) is 2.87. The molecule has 0 radical (unpaired) electrons. The molecule has 0 bridgehead atoms. The Hall–Kier alpha value is -1.49. The van der Waals surface area contributed by atoms with Gasteiger partial charge in [0.25, 0.3) is 0 Å². The first-order valence-electron chi connectivity index (χ1n) is 7.53. The molecule has 1 unspecified atom stereocenters. The van der Waals surface area contributed by atoms with Crippen LogP contribution in [0.5, 0.6) is 0 Å². The van der Waals surface area contributed by atoms with Crippen molar-refractivity contribution in [1.29, 1.82) is 0 Å². The highest BCUT2D eigenvalue weighted by Gasteiger charge is 2.13. The topological polar surface area (TPSA) is 57.8 Å². The first-order valence-corrected chi connectivity index (χ1v) is 8.58. The minimum absolute atomic E-state index is 0.110. The third-order valence-corrected chi connectivity index (χ3v) is 4.51. The van der Waals surface area contributed by atoms with Gasteiger partial charge in [-0.1, -0.05) is 31.9 Å². The van der Waals surface area contributed by atoms with Gasteiger partial charge in [0.15, 0.2) is 0 Å². The van der Waals surface area contributed by atoms with E-state index in [-0.39, 0.29) is 11.2 Å². The van der Waals surface area contributed by atoms with Crippen molar-refractivity contribution in [2.24, 2.45) is 0 Å². The monoisotopic (exact) mass is 305 g/mol. The predicted molar refractivity (Wildman–Crippen MR) is 89.5 cm³/mol. The Balaban J connectivity index is 1.78. The molecule has 0 aliphatic carbocycles. The maximum atomic E-state index is 11.8. The Labute approximate surface area is 130 Å². The second kappa shape index (κ2) is 8.08. The van der Waals surface area contributed by atoms with Crippen LogP contribution in [0.25, 0.3) is 11.0 Å². The highest BCUT2D eigenvalue weighted by molar-refractivity contribution is 8.00. The number of hydrogen-bond acceptors (Lipinski definition) is 3. The lowest BCUT2D eigenvalue weighted by Gasteiger charge is -2.08. The van der Waals surface area contributed by atoms with Gasteiger partial charge in [-0.25, -0.2) is 4.98 Å². The standard InChI is InChI=1S/C16H23N3OS/c1-3-4-7-10-17-15(20)11-21-12(2)16-18-13-8-5-6-9-14(13)19-16/h5-6,8-9,12H,3-4,7,10-11H2,1-2H3,(H,17,20)(H,18,19). The average molecular weight is 305 g/mol. The number of thioether (sulfide) groups is 1. The summed E-state index contributed by atoms with van der Waals surface area (Å²) in [4.78, 5) is 19.6. The van der Waals surface area contributed by atoms with Crippen molar-refractivity contribution >= 4 is 28.7 Å². The normalized spacial score (nSPS) is 12.5. The molecular weight excluding hydrogens is 282 g/mol. The van der Waals surface area contributed by atoms with E-state index in [1.54, 1.807) is 11.8 Å². The molecule has 1 amide bonds. The van der Waals surface area contributed by atoms with Crippen molar-refractivity contribution < 1.29 is 4.79 Å². The zero-order valence-electron chi connectivity index (χ0n) is 12.7. The molecular formula is C16H23N3OS. The maximum absolute atomic E-state index is 11.8. The van der Waals surface area contributed by atoms with E-state index in [4.69, 9.17) is 0 Å². The van der Waals surface area contributed by atoms with E-state index in [9.17, 15) is 4.79 Å². The number of amides is 1. The number of imidazole rings is 1. The maximum Gasteiger partial charge on any atom is 0.230 e. The van der Waals surface area contributed by atoms with Gasteiger partial charge < -0.3 is 10.3 Å². The van der Waals surface area contributed by atoms with Gasteiger partial charge in [0.2, 0.25) is 5.91 Å².